The Morgan fingerprint density at radius 2 is 1.53 bits per heavy atom. The van der Waals surface area contributed by atoms with E-state index in [1.807, 2.05) is 25.1 Å². The van der Waals surface area contributed by atoms with Gasteiger partial charge in [-0.25, -0.2) is 4.79 Å². The number of carbonyl (C=O) groups is 2. The summed E-state index contributed by atoms with van der Waals surface area (Å²) < 4.78 is 17.4. The summed E-state index contributed by atoms with van der Waals surface area (Å²) in [6.45, 7) is 19.9. The Morgan fingerprint density at radius 1 is 0.800 bits per heavy atom. The predicted octanol–water partition coefficient (Wildman–Crippen LogP) is 10.0. The van der Waals surface area contributed by atoms with Gasteiger partial charge in [-0.15, -0.1) is 0 Å². The molecule has 0 saturated heterocycles. The van der Waals surface area contributed by atoms with Crippen molar-refractivity contribution in [3.63, 3.8) is 0 Å². The molecule has 1 aromatic rings. The molecule has 10 atom stereocenters. The molecule has 0 bridgehead atoms. The van der Waals surface area contributed by atoms with Gasteiger partial charge in [-0.1, -0.05) is 78.8 Å². The molecule has 0 radical (unpaired) electrons. The minimum Gasteiger partial charge on any atom is -0.460 e. The van der Waals surface area contributed by atoms with Crippen molar-refractivity contribution >= 4 is 12.1 Å². The van der Waals surface area contributed by atoms with Crippen molar-refractivity contribution < 1.29 is 23.8 Å². The van der Waals surface area contributed by atoms with Gasteiger partial charge in [0.2, 0.25) is 0 Å². The summed E-state index contributed by atoms with van der Waals surface area (Å²) in [7, 11) is 0. The minimum atomic E-state index is -0.517. The van der Waals surface area contributed by atoms with Crippen LogP contribution in [0.4, 0.5) is 4.79 Å². The Labute approximate surface area is 272 Å². The Balaban J connectivity index is 1.28. The number of ether oxygens (including phenoxy) is 3. The summed E-state index contributed by atoms with van der Waals surface area (Å²) in [5, 5.41) is 0. The number of benzene rings is 1. The van der Waals surface area contributed by atoms with Crippen LogP contribution in [-0.2, 0) is 25.6 Å². The monoisotopic (exact) mass is 620 g/mol. The van der Waals surface area contributed by atoms with Crippen LogP contribution < -0.4 is 0 Å². The van der Waals surface area contributed by atoms with Gasteiger partial charge in [0.15, 0.2) is 0 Å². The topological polar surface area (TPSA) is 61.8 Å². The molecule has 4 unspecified atom stereocenters. The highest BCUT2D eigenvalue weighted by molar-refractivity contribution is 5.78. The van der Waals surface area contributed by atoms with Gasteiger partial charge in [0.25, 0.3) is 0 Å². The third-order valence-corrected chi connectivity index (χ3v) is 15.4. The number of hydrogen-bond acceptors (Lipinski definition) is 5. The standard InChI is InChI=1S/C40H60O5/c1-9-43-35(42)45-32-19-20-37(6)30(36(32,4)5)18-21-39(8)31(37)16-15-29-33-28(26(2)3)17-22-40(33,24-23-38(29,39)7)34(41)44-25-27-13-11-10-12-14-27/h10-14,26,28-33H,9,15-25H2,1-8H3/t28-,29?,30?,31?,32+,33?,37-,38+,39+,40-/m0/s1. The first-order valence-corrected chi connectivity index (χ1v) is 18.3. The van der Waals surface area contributed by atoms with E-state index >= 15 is 0 Å². The van der Waals surface area contributed by atoms with E-state index in [1.54, 1.807) is 0 Å². The van der Waals surface area contributed by atoms with Crippen LogP contribution in [0.5, 0.6) is 0 Å². The first-order valence-electron chi connectivity index (χ1n) is 18.3. The van der Waals surface area contributed by atoms with Crippen LogP contribution in [0.3, 0.4) is 0 Å². The Hall–Kier alpha value is -2.04. The van der Waals surface area contributed by atoms with Crippen molar-refractivity contribution in [1.29, 1.82) is 0 Å². The van der Waals surface area contributed by atoms with Crippen molar-refractivity contribution in [3.05, 3.63) is 35.9 Å². The molecule has 5 nitrogen and oxygen atoms in total. The summed E-state index contributed by atoms with van der Waals surface area (Å²) >= 11 is 0. The highest BCUT2D eigenvalue weighted by Crippen LogP contribution is 2.77. The average Bonchev–Trinajstić information content (AvgIpc) is 3.40. The molecule has 45 heavy (non-hydrogen) atoms. The van der Waals surface area contributed by atoms with E-state index in [2.05, 4.69) is 60.6 Å². The van der Waals surface area contributed by atoms with Crippen molar-refractivity contribution in [2.75, 3.05) is 6.61 Å². The van der Waals surface area contributed by atoms with Crippen LogP contribution in [0, 0.1) is 62.6 Å². The van der Waals surface area contributed by atoms with Crippen LogP contribution in [-0.4, -0.2) is 24.8 Å². The van der Waals surface area contributed by atoms with E-state index in [9.17, 15) is 9.59 Å². The summed E-state index contributed by atoms with van der Waals surface area (Å²) in [4.78, 5) is 26.7. The van der Waals surface area contributed by atoms with Crippen molar-refractivity contribution in [2.24, 2.45) is 62.6 Å². The highest BCUT2D eigenvalue weighted by Gasteiger charge is 2.72. The molecule has 0 aromatic heterocycles. The molecule has 0 amide bonds. The van der Waals surface area contributed by atoms with Crippen LogP contribution >= 0.6 is 0 Å². The molecular weight excluding hydrogens is 560 g/mol. The zero-order chi connectivity index (χ0) is 32.4. The van der Waals surface area contributed by atoms with E-state index in [-0.39, 0.29) is 39.1 Å². The Morgan fingerprint density at radius 3 is 2.22 bits per heavy atom. The van der Waals surface area contributed by atoms with Crippen LogP contribution in [0.15, 0.2) is 30.3 Å². The van der Waals surface area contributed by atoms with E-state index in [0.717, 1.165) is 44.1 Å². The summed E-state index contributed by atoms with van der Waals surface area (Å²) in [6.07, 6.45) is 10.4. The van der Waals surface area contributed by atoms with Gasteiger partial charge in [0.05, 0.1) is 12.0 Å². The molecule has 0 spiro atoms. The Kier molecular flexibility index (Phi) is 8.46. The largest absolute Gasteiger partial charge is 0.508 e. The average molecular weight is 621 g/mol. The zero-order valence-corrected chi connectivity index (χ0v) is 29.5. The first kappa shape index (κ1) is 32.9. The van der Waals surface area contributed by atoms with Gasteiger partial charge in [0.1, 0.15) is 12.7 Å². The molecule has 0 heterocycles. The molecule has 0 aliphatic heterocycles. The second kappa shape index (κ2) is 11.6. The second-order valence-corrected chi connectivity index (χ2v) is 17.5. The maximum Gasteiger partial charge on any atom is 0.508 e. The highest BCUT2D eigenvalue weighted by atomic mass is 16.7. The Bertz CT molecular complexity index is 1260. The molecule has 6 rings (SSSR count). The van der Waals surface area contributed by atoms with Crippen molar-refractivity contribution in [3.8, 4) is 0 Å². The molecule has 5 fully saturated rings. The number of hydrogen-bond donors (Lipinski definition) is 0. The number of fused-ring (bicyclic) bond motifs is 7. The summed E-state index contributed by atoms with van der Waals surface area (Å²) in [5.41, 5.74) is 1.24. The quantitative estimate of drug-likeness (QED) is 0.296. The third-order valence-electron chi connectivity index (χ3n) is 15.4. The summed E-state index contributed by atoms with van der Waals surface area (Å²) in [5.74, 6) is 3.28. The lowest BCUT2D eigenvalue weighted by atomic mass is 9.32. The summed E-state index contributed by atoms with van der Waals surface area (Å²) in [6, 6.07) is 10.2. The molecular formula is C40H60O5. The van der Waals surface area contributed by atoms with E-state index in [1.165, 1.54) is 25.7 Å². The van der Waals surface area contributed by atoms with Gasteiger partial charge in [-0.2, -0.15) is 0 Å². The molecule has 1 aromatic carbocycles. The van der Waals surface area contributed by atoms with Gasteiger partial charge in [0, 0.05) is 5.41 Å². The maximum absolute atomic E-state index is 14.3. The van der Waals surface area contributed by atoms with Gasteiger partial charge < -0.3 is 14.2 Å². The molecule has 5 heteroatoms. The molecule has 5 aliphatic carbocycles. The molecule has 5 aliphatic rings. The maximum atomic E-state index is 14.3. The zero-order valence-electron chi connectivity index (χ0n) is 29.5. The molecule has 0 N–H and O–H groups in total. The lowest BCUT2D eigenvalue weighted by molar-refractivity contribution is -0.251. The van der Waals surface area contributed by atoms with E-state index < -0.39 is 6.16 Å². The van der Waals surface area contributed by atoms with Crippen LogP contribution in [0.1, 0.15) is 125 Å². The SMILES string of the molecule is CCOC(=O)O[C@@H]1CC[C@@]2(C)C(CC[C@]3(C)C2CCC2C4[C@H](C(C)C)CC[C@]4(C(=O)OCc4ccccc4)CC[C@]23C)C1(C)C. The minimum absolute atomic E-state index is 0.0752. The van der Waals surface area contributed by atoms with Gasteiger partial charge in [-0.3, -0.25) is 4.79 Å². The predicted molar refractivity (Wildman–Crippen MR) is 177 cm³/mol. The van der Waals surface area contributed by atoms with Gasteiger partial charge >= 0.3 is 12.1 Å². The number of rotatable bonds is 6. The van der Waals surface area contributed by atoms with Crippen LogP contribution in [0.25, 0.3) is 0 Å². The lowest BCUT2D eigenvalue weighted by Crippen LogP contribution is -2.67. The fraction of sp³-hybridized carbons (Fsp3) is 0.800. The fourth-order valence-electron chi connectivity index (χ4n) is 13.1. The first-order chi connectivity index (χ1) is 21.2. The lowest BCUT2D eigenvalue weighted by Gasteiger charge is -2.72. The second-order valence-electron chi connectivity index (χ2n) is 17.5. The smallest absolute Gasteiger partial charge is 0.460 e. The van der Waals surface area contributed by atoms with E-state index in [4.69, 9.17) is 14.2 Å². The van der Waals surface area contributed by atoms with E-state index in [0.29, 0.717) is 48.7 Å². The normalized spacial score (nSPS) is 43.3. The third kappa shape index (κ3) is 4.90. The number of carbonyl (C=O) groups excluding carboxylic acids is 2. The van der Waals surface area contributed by atoms with Crippen LogP contribution in [0.2, 0.25) is 0 Å². The fourth-order valence-corrected chi connectivity index (χ4v) is 13.1. The van der Waals surface area contributed by atoms with Gasteiger partial charge in [-0.05, 0) is 128 Å². The van der Waals surface area contributed by atoms with Crippen molar-refractivity contribution in [1.82, 2.24) is 0 Å². The molecule has 250 valence electrons. The number of esters is 1. The van der Waals surface area contributed by atoms with Crippen molar-refractivity contribution in [2.45, 2.75) is 132 Å². The molecule has 5 saturated carbocycles.